The molecular formula is C23H18Cl2N2O3S. The molecule has 0 bridgehead atoms. The van der Waals surface area contributed by atoms with Gasteiger partial charge in [0.2, 0.25) is 26.6 Å². The summed E-state index contributed by atoms with van der Waals surface area (Å²) in [5.74, 6) is 0.251. The quantitative estimate of drug-likeness (QED) is 0.351. The maximum absolute atomic E-state index is 13.3. The standard InChI is InChI=1S/C23H18Cl2N2O3S/c1-15-2-12-20(13-3-15)31(28,29)23-22(26-14-16-4-8-18(24)9-5-16)30-21(27-23)17-6-10-19(25)11-7-17/h2-13,26H,14H2,1H3. The van der Waals surface area contributed by atoms with E-state index < -0.39 is 9.84 Å². The van der Waals surface area contributed by atoms with Crippen molar-refractivity contribution in [2.24, 2.45) is 0 Å². The largest absolute Gasteiger partial charge is 0.419 e. The number of rotatable bonds is 6. The van der Waals surface area contributed by atoms with E-state index in [2.05, 4.69) is 10.3 Å². The van der Waals surface area contributed by atoms with Gasteiger partial charge in [-0.3, -0.25) is 0 Å². The lowest BCUT2D eigenvalue weighted by Crippen LogP contribution is -2.07. The molecule has 158 valence electrons. The molecule has 0 spiro atoms. The van der Waals surface area contributed by atoms with E-state index in [-0.39, 0.29) is 21.7 Å². The van der Waals surface area contributed by atoms with Crippen LogP contribution in [0.25, 0.3) is 11.5 Å². The fourth-order valence-corrected chi connectivity index (χ4v) is 4.46. The topological polar surface area (TPSA) is 72.2 Å². The van der Waals surface area contributed by atoms with Crippen molar-refractivity contribution in [3.8, 4) is 11.5 Å². The number of aryl methyl sites for hydroxylation is 1. The molecule has 1 N–H and O–H groups in total. The fraction of sp³-hybridized carbons (Fsp3) is 0.0870. The van der Waals surface area contributed by atoms with Crippen LogP contribution in [0.1, 0.15) is 11.1 Å². The second-order valence-corrected chi connectivity index (χ2v) is 9.69. The van der Waals surface area contributed by atoms with Crippen LogP contribution in [-0.2, 0) is 16.4 Å². The lowest BCUT2D eigenvalue weighted by atomic mass is 10.2. The molecule has 5 nitrogen and oxygen atoms in total. The Kier molecular flexibility index (Phi) is 6.05. The molecule has 0 amide bonds. The highest BCUT2D eigenvalue weighted by atomic mass is 35.5. The maximum Gasteiger partial charge on any atom is 0.234 e. The van der Waals surface area contributed by atoms with Crippen molar-refractivity contribution in [3.05, 3.63) is 94.0 Å². The average molecular weight is 473 g/mol. The SMILES string of the molecule is Cc1ccc(S(=O)(=O)c2nc(-c3ccc(Cl)cc3)oc2NCc2ccc(Cl)cc2)cc1. The van der Waals surface area contributed by atoms with Crippen molar-refractivity contribution in [2.75, 3.05) is 5.32 Å². The van der Waals surface area contributed by atoms with Gasteiger partial charge in [-0.15, -0.1) is 0 Å². The molecule has 4 aromatic rings. The number of halogens is 2. The Morgan fingerprint density at radius 3 is 2.06 bits per heavy atom. The third-order valence-electron chi connectivity index (χ3n) is 4.64. The minimum atomic E-state index is -3.91. The van der Waals surface area contributed by atoms with Crippen LogP contribution in [0.2, 0.25) is 10.0 Å². The van der Waals surface area contributed by atoms with Crippen molar-refractivity contribution >= 4 is 38.9 Å². The summed E-state index contributed by atoms with van der Waals surface area (Å²) in [4.78, 5) is 4.47. The van der Waals surface area contributed by atoms with Crippen LogP contribution in [0.4, 0.5) is 5.88 Å². The van der Waals surface area contributed by atoms with E-state index in [0.717, 1.165) is 11.1 Å². The highest BCUT2D eigenvalue weighted by Gasteiger charge is 2.28. The molecule has 31 heavy (non-hydrogen) atoms. The molecule has 0 unspecified atom stereocenters. The Labute approximate surface area is 190 Å². The summed E-state index contributed by atoms with van der Waals surface area (Å²) in [5.41, 5.74) is 2.49. The number of nitrogens with one attached hydrogen (secondary N) is 1. The summed E-state index contributed by atoms with van der Waals surface area (Å²) in [6.45, 7) is 2.23. The summed E-state index contributed by atoms with van der Waals surface area (Å²) < 4.78 is 32.5. The van der Waals surface area contributed by atoms with Gasteiger partial charge >= 0.3 is 0 Å². The summed E-state index contributed by atoms with van der Waals surface area (Å²) in [6, 6.07) is 20.7. The van der Waals surface area contributed by atoms with Gasteiger partial charge in [0.1, 0.15) is 0 Å². The zero-order chi connectivity index (χ0) is 22.0. The highest BCUT2D eigenvalue weighted by molar-refractivity contribution is 7.91. The van der Waals surface area contributed by atoms with Crippen LogP contribution >= 0.6 is 23.2 Å². The maximum atomic E-state index is 13.3. The van der Waals surface area contributed by atoms with Crippen molar-refractivity contribution in [1.82, 2.24) is 4.98 Å². The van der Waals surface area contributed by atoms with Crippen molar-refractivity contribution in [2.45, 2.75) is 23.4 Å². The number of aromatic nitrogens is 1. The minimum Gasteiger partial charge on any atom is -0.419 e. The van der Waals surface area contributed by atoms with E-state index in [1.54, 1.807) is 60.7 Å². The molecule has 0 aliphatic rings. The first-order chi connectivity index (χ1) is 14.8. The highest BCUT2D eigenvalue weighted by Crippen LogP contribution is 2.33. The van der Waals surface area contributed by atoms with Crippen LogP contribution in [-0.4, -0.2) is 13.4 Å². The zero-order valence-corrected chi connectivity index (χ0v) is 18.8. The van der Waals surface area contributed by atoms with Gasteiger partial charge in [-0.1, -0.05) is 53.0 Å². The van der Waals surface area contributed by atoms with Crippen molar-refractivity contribution in [1.29, 1.82) is 0 Å². The number of sulfone groups is 1. The predicted octanol–water partition coefficient (Wildman–Crippen LogP) is 6.40. The van der Waals surface area contributed by atoms with Gasteiger partial charge in [-0.25, -0.2) is 8.42 Å². The number of hydrogen-bond acceptors (Lipinski definition) is 5. The molecule has 0 radical (unpaired) electrons. The van der Waals surface area contributed by atoms with Gasteiger partial charge in [-0.05, 0) is 61.0 Å². The summed E-state index contributed by atoms with van der Waals surface area (Å²) in [6.07, 6.45) is 0. The number of nitrogens with zero attached hydrogens (tertiary/aromatic N) is 1. The molecule has 0 aliphatic heterocycles. The Balaban J connectivity index is 1.74. The van der Waals surface area contributed by atoms with Crippen LogP contribution < -0.4 is 5.32 Å². The summed E-state index contributed by atoms with van der Waals surface area (Å²) in [5, 5.41) is 4.07. The van der Waals surface area contributed by atoms with Gasteiger partial charge in [0.25, 0.3) is 0 Å². The Morgan fingerprint density at radius 1 is 0.871 bits per heavy atom. The van der Waals surface area contributed by atoms with Gasteiger partial charge in [0, 0.05) is 22.2 Å². The molecule has 8 heteroatoms. The molecule has 0 saturated carbocycles. The predicted molar refractivity (Wildman–Crippen MR) is 122 cm³/mol. The van der Waals surface area contributed by atoms with Crippen LogP contribution in [0, 0.1) is 6.92 Å². The smallest absolute Gasteiger partial charge is 0.234 e. The Bertz CT molecular complexity index is 1300. The fourth-order valence-electron chi connectivity index (χ4n) is 2.93. The first kappa shape index (κ1) is 21.4. The first-order valence-corrected chi connectivity index (χ1v) is 11.6. The number of oxazole rings is 1. The van der Waals surface area contributed by atoms with Gasteiger partial charge in [0.05, 0.1) is 4.90 Å². The Hall–Kier alpha value is -2.80. The molecule has 1 heterocycles. The monoisotopic (exact) mass is 472 g/mol. The number of anilines is 1. The average Bonchev–Trinajstić information content (AvgIpc) is 3.19. The summed E-state index contributed by atoms with van der Waals surface area (Å²) in [7, 11) is -3.91. The molecular weight excluding hydrogens is 455 g/mol. The molecule has 4 rings (SSSR count). The molecule has 0 aliphatic carbocycles. The van der Waals surface area contributed by atoms with E-state index >= 15 is 0 Å². The summed E-state index contributed by atoms with van der Waals surface area (Å²) >= 11 is 11.9. The molecule has 1 aromatic heterocycles. The van der Waals surface area contributed by atoms with E-state index in [1.807, 2.05) is 19.1 Å². The third kappa shape index (κ3) is 4.77. The van der Waals surface area contributed by atoms with Gasteiger partial charge < -0.3 is 9.73 Å². The normalized spacial score (nSPS) is 11.5. The lowest BCUT2D eigenvalue weighted by molar-refractivity contribution is 0.576. The zero-order valence-electron chi connectivity index (χ0n) is 16.5. The molecule has 0 fully saturated rings. The third-order valence-corrected chi connectivity index (χ3v) is 6.82. The van der Waals surface area contributed by atoms with Crippen molar-refractivity contribution < 1.29 is 12.8 Å². The molecule has 0 atom stereocenters. The minimum absolute atomic E-state index is 0.0699. The number of benzene rings is 3. The van der Waals surface area contributed by atoms with E-state index in [9.17, 15) is 8.42 Å². The first-order valence-electron chi connectivity index (χ1n) is 9.40. The van der Waals surface area contributed by atoms with Crippen LogP contribution in [0.3, 0.4) is 0 Å². The Morgan fingerprint density at radius 2 is 1.45 bits per heavy atom. The van der Waals surface area contributed by atoms with Crippen molar-refractivity contribution in [3.63, 3.8) is 0 Å². The van der Waals surface area contributed by atoms with Gasteiger partial charge in [-0.2, -0.15) is 4.98 Å². The second-order valence-electron chi connectivity index (χ2n) is 6.96. The van der Waals surface area contributed by atoms with E-state index in [1.165, 1.54) is 0 Å². The van der Waals surface area contributed by atoms with Gasteiger partial charge in [0.15, 0.2) is 0 Å². The molecule has 0 saturated heterocycles. The van der Waals surface area contributed by atoms with E-state index in [0.29, 0.717) is 22.2 Å². The van der Waals surface area contributed by atoms with E-state index in [4.69, 9.17) is 27.6 Å². The number of hydrogen-bond donors (Lipinski definition) is 1. The lowest BCUT2D eigenvalue weighted by Gasteiger charge is -2.07. The van der Waals surface area contributed by atoms with Crippen LogP contribution in [0.15, 0.2) is 87.1 Å². The van der Waals surface area contributed by atoms with Crippen LogP contribution in [0.5, 0.6) is 0 Å². The second kappa shape index (κ2) is 8.75. The molecule has 3 aromatic carbocycles.